The maximum Gasteiger partial charge on any atom is 0.287 e. The number of hydrogen-bond acceptors (Lipinski definition) is 6. The van der Waals surface area contributed by atoms with Crippen molar-refractivity contribution in [1.82, 2.24) is 15.0 Å². The largest absolute Gasteiger partial charge is 0.356 e. The molecular formula is C17H14N4O4. The van der Waals surface area contributed by atoms with E-state index in [1.807, 2.05) is 18.2 Å². The molecule has 0 unspecified atom stereocenters. The number of nitrogens with zero attached hydrogens (tertiary/aromatic N) is 4. The molecule has 8 heteroatoms. The molecule has 1 amide bonds. The highest BCUT2D eigenvalue weighted by Gasteiger charge is 2.24. The summed E-state index contributed by atoms with van der Waals surface area (Å²) in [6.45, 7) is 0.852. The second kappa shape index (κ2) is 5.97. The molecule has 2 aromatic heterocycles. The summed E-state index contributed by atoms with van der Waals surface area (Å²) in [6, 6.07) is 8.88. The normalized spacial score (nSPS) is 13.7. The second-order valence-corrected chi connectivity index (χ2v) is 5.92. The molecular weight excluding hydrogens is 324 g/mol. The van der Waals surface area contributed by atoms with Crippen LogP contribution in [0.1, 0.15) is 17.0 Å². The minimum atomic E-state index is -0.477. The number of carbonyl (C=O) groups is 1. The van der Waals surface area contributed by atoms with Gasteiger partial charge in [-0.25, -0.2) is 0 Å². The van der Waals surface area contributed by atoms with Crippen LogP contribution >= 0.6 is 0 Å². The van der Waals surface area contributed by atoms with Gasteiger partial charge in [-0.05, 0) is 17.7 Å². The first-order chi connectivity index (χ1) is 12.1. The molecule has 126 valence electrons. The number of amides is 1. The van der Waals surface area contributed by atoms with Crippen molar-refractivity contribution in [3.8, 4) is 0 Å². The highest BCUT2D eigenvalue weighted by atomic mass is 16.6. The van der Waals surface area contributed by atoms with E-state index in [2.05, 4.69) is 10.1 Å². The molecule has 0 atom stereocenters. The van der Waals surface area contributed by atoms with E-state index in [1.165, 1.54) is 12.3 Å². The molecule has 1 aliphatic heterocycles. The number of fused-ring (bicyclic) bond motifs is 2. The van der Waals surface area contributed by atoms with Crippen LogP contribution in [-0.4, -0.2) is 32.4 Å². The second-order valence-electron chi connectivity index (χ2n) is 5.92. The lowest BCUT2D eigenvalue weighted by molar-refractivity contribution is -0.385. The van der Waals surface area contributed by atoms with Crippen LogP contribution in [0.5, 0.6) is 0 Å². The average molecular weight is 338 g/mol. The van der Waals surface area contributed by atoms with E-state index in [1.54, 1.807) is 11.0 Å². The van der Waals surface area contributed by atoms with Crippen LogP contribution in [0.15, 0.2) is 41.1 Å². The van der Waals surface area contributed by atoms with Crippen LogP contribution in [0.3, 0.4) is 0 Å². The van der Waals surface area contributed by atoms with Crippen LogP contribution in [0.25, 0.3) is 11.0 Å². The molecule has 3 aromatic rings. The summed E-state index contributed by atoms with van der Waals surface area (Å²) in [5.41, 5.74) is 2.72. The van der Waals surface area contributed by atoms with Gasteiger partial charge < -0.3 is 9.42 Å². The number of benzene rings is 1. The lowest BCUT2D eigenvalue weighted by atomic mass is 10.0. The smallest absolute Gasteiger partial charge is 0.287 e. The van der Waals surface area contributed by atoms with Crippen molar-refractivity contribution in [1.29, 1.82) is 0 Å². The fourth-order valence-corrected chi connectivity index (χ4v) is 3.05. The van der Waals surface area contributed by atoms with Crippen LogP contribution in [0.2, 0.25) is 0 Å². The summed E-state index contributed by atoms with van der Waals surface area (Å²) in [7, 11) is 0. The molecule has 0 saturated heterocycles. The fourth-order valence-electron chi connectivity index (χ4n) is 3.05. The summed E-state index contributed by atoms with van der Waals surface area (Å²) in [6.07, 6.45) is 1.98. The molecule has 1 aromatic carbocycles. The first-order valence-corrected chi connectivity index (χ1v) is 7.85. The third kappa shape index (κ3) is 2.82. The molecule has 4 rings (SSSR count). The van der Waals surface area contributed by atoms with Gasteiger partial charge in [0, 0.05) is 36.7 Å². The number of aromatic nitrogens is 2. The SMILES string of the molecule is O=C(Cc1noc2ccccc12)N1CCc2ncc([N+](=O)[O-])cc2C1. The van der Waals surface area contributed by atoms with E-state index in [0.717, 1.165) is 16.6 Å². The van der Waals surface area contributed by atoms with E-state index in [0.29, 0.717) is 30.8 Å². The predicted molar refractivity (Wildman–Crippen MR) is 87.7 cm³/mol. The Balaban J connectivity index is 1.54. The zero-order chi connectivity index (χ0) is 17.4. The molecule has 0 fully saturated rings. The Bertz CT molecular complexity index is 982. The third-order valence-corrected chi connectivity index (χ3v) is 4.36. The van der Waals surface area contributed by atoms with Gasteiger partial charge in [-0.15, -0.1) is 0 Å². The molecule has 3 heterocycles. The molecule has 0 radical (unpaired) electrons. The van der Waals surface area contributed by atoms with E-state index in [-0.39, 0.29) is 18.0 Å². The topological polar surface area (TPSA) is 102 Å². The van der Waals surface area contributed by atoms with Gasteiger partial charge >= 0.3 is 0 Å². The molecule has 0 N–H and O–H groups in total. The molecule has 0 aliphatic carbocycles. The summed E-state index contributed by atoms with van der Waals surface area (Å²) < 4.78 is 5.23. The average Bonchev–Trinajstić information content (AvgIpc) is 3.03. The number of rotatable bonds is 3. The van der Waals surface area contributed by atoms with Crippen molar-refractivity contribution < 1.29 is 14.2 Å². The van der Waals surface area contributed by atoms with Gasteiger partial charge in [0.25, 0.3) is 5.69 Å². The first kappa shape index (κ1) is 15.3. The Morgan fingerprint density at radius 3 is 3.04 bits per heavy atom. The van der Waals surface area contributed by atoms with Gasteiger partial charge in [-0.2, -0.15) is 0 Å². The van der Waals surface area contributed by atoms with E-state index >= 15 is 0 Å². The maximum absolute atomic E-state index is 12.6. The van der Waals surface area contributed by atoms with Crippen molar-refractivity contribution in [2.24, 2.45) is 0 Å². The first-order valence-electron chi connectivity index (χ1n) is 7.85. The summed E-state index contributed by atoms with van der Waals surface area (Å²) in [5.74, 6) is -0.0868. The van der Waals surface area contributed by atoms with Gasteiger partial charge in [-0.3, -0.25) is 19.9 Å². The molecule has 0 spiro atoms. The lowest BCUT2D eigenvalue weighted by Crippen LogP contribution is -2.37. The molecule has 1 aliphatic rings. The molecule has 0 saturated carbocycles. The maximum atomic E-state index is 12.6. The van der Waals surface area contributed by atoms with Crippen LogP contribution in [-0.2, 0) is 24.2 Å². The lowest BCUT2D eigenvalue weighted by Gasteiger charge is -2.27. The Labute approximate surface area is 142 Å². The van der Waals surface area contributed by atoms with E-state index in [9.17, 15) is 14.9 Å². The molecule has 8 nitrogen and oxygen atoms in total. The van der Waals surface area contributed by atoms with Gasteiger partial charge in [0.15, 0.2) is 5.58 Å². The Hall–Kier alpha value is -3.29. The minimum absolute atomic E-state index is 0.0597. The minimum Gasteiger partial charge on any atom is -0.356 e. The zero-order valence-electron chi connectivity index (χ0n) is 13.2. The Morgan fingerprint density at radius 2 is 2.20 bits per heavy atom. The van der Waals surface area contributed by atoms with Crippen molar-refractivity contribution >= 4 is 22.6 Å². The van der Waals surface area contributed by atoms with Crippen molar-refractivity contribution in [3.05, 3.63) is 63.6 Å². The highest BCUT2D eigenvalue weighted by molar-refractivity contribution is 5.86. The van der Waals surface area contributed by atoms with Crippen LogP contribution < -0.4 is 0 Å². The Morgan fingerprint density at radius 1 is 1.36 bits per heavy atom. The quantitative estimate of drug-likeness (QED) is 0.536. The van der Waals surface area contributed by atoms with Crippen LogP contribution in [0.4, 0.5) is 5.69 Å². The number of carbonyl (C=O) groups excluding carboxylic acids is 1. The third-order valence-electron chi connectivity index (χ3n) is 4.36. The van der Waals surface area contributed by atoms with Gasteiger partial charge in [0.05, 0.1) is 11.3 Å². The van der Waals surface area contributed by atoms with Crippen molar-refractivity contribution in [2.45, 2.75) is 19.4 Å². The van der Waals surface area contributed by atoms with E-state index < -0.39 is 4.92 Å². The molecule has 25 heavy (non-hydrogen) atoms. The number of nitro groups is 1. The predicted octanol–water partition coefficient (Wildman–Crippen LogP) is 2.26. The summed E-state index contributed by atoms with van der Waals surface area (Å²) in [4.78, 5) is 28.9. The number of pyridine rings is 1. The highest BCUT2D eigenvalue weighted by Crippen LogP contribution is 2.23. The zero-order valence-corrected chi connectivity index (χ0v) is 13.2. The van der Waals surface area contributed by atoms with Crippen molar-refractivity contribution in [2.75, 3.05) is 6.54 Å². The Kier molecular flexibility index (Phi) is 3.64. The summed E-state index contributed by atoms with van der Waals surface area (Å²) >= 11 is 0. The fraction of sp³-hybridized carbons (Fsp3) is 0.235. The van der Waals surface area contributed by atoms with Gasteiger partial charge in [-0.1, -0.05) is 17.3 Å². The number of para-hydroxylation sites is 1. The van der Waals surface area contributed by atoms with Gasteiger partial charge in [0.2, 0.25) is 5.91 Å². The molecule has 0 bridgehead atoms. The van der Waals surface area contributed by atoms with Gasteiger partial charge in [0.1, 0.15) is 11.9 Å². The standard InChI is InChI=1S/C17H14N4O4/c22-17(8-15-13-3-1-2-4-16(13)25-19-15)20-6-5-14-11(10-20)7-12(9-18-14)21(23)24/h1-4,7,9H,5-6,8,10H2. The monoisotopic (exact) mass is 338 g/mol. The van der Waals surface area contributed by atoms with Crippen molar-refractivity contribution in [3.63, 3.8) is 0 Å². The number of hydrogen-bond donors (Lipinski definition) is 0. The summed E-state index contributed by atoms with van der Waals surface area (Å²) in [5, 5.41) is 15.7. The van der Waals surface area contributed by atoms with E-state index in [4.69, 9.17) is 4.52 Å². The van der Waals surface area contributed by atoms with Crippen LogP contribution in [0, 0.1) is 10.1 Å².